The molecule has 3 heterocycles. The highest BCUT2D eigenvalue weighted by Gasteiger charge is 2.36. The smallest absolute Gasteiger partial charge is 0.263 e. The molecule has 0 spiro atoms. The zero-order valence-electron chi connectivity index (χ0n) is 22.3. The molecular formula is C26H40N6O4S. The number of nitrogens with zero attached hydrogens (tertiary/aromatic N) is 6. The van der Waals surface area contributed by atoms with Crippen molar-refractivity contribution in [3.05, 3.63) is 36.0 Å². The van der Waals surface area contributed by atoms with E-state index in [9.17, 15) is 13.2 Å². The predicted molar refractivity (Wildman–Crippen MR) is 144 cm³/mol. The summed E-state index contributed by atoms with van der Waals surface area (Å²) >= 11 is 0. The molecule has 2 aliphatic heterocycles. The van der Waals surface area contributed by atoms with Crippen molar-refractivity contribution in [1.82, 2.24) is 23.9 Å². The summed E-state index contributed by atoms with van der Waals surface area (Å²) in [5.74, 6) is 0.545. The average molecular weight is 533 g/mol. The lowest BCUT2D eigenvalue weighted by molar-refractivity contribution is 0.0631. The lowest BCUT2D eigenvalue weighted by Gasteiger charge is -2.36. The minimum Gasteiger partial charge on any atom is -0.492 e. The maximum atomic E-state index is 13.7. The van der Waals surface area contributed by atoms with E-state index in [-0.39, 0.29) is 16.5 Å². The Labute approximate surface area is 220 Å². The number of aromatic nitrogens is 2. The number of hydrogen-bond donors (Lipinski definition) is 0. The highest BCUT2D eigenvalue weighted by molar-refractivity contribution is 7.89. The first-order valence-electron chi connectivity index (χ1n) is 13.4. The highest BCUT2D eigenvalue weighted by atomic mass is 32.2. The number of rotatable bonds is 10. The molecule has 0 unspecified atom stereocenters. The second kappa shape index (κ2) is 12.3. The summed E-state index contributed by atoms with van der Waals surface area (Å²) in [4.78, 5) is 19.8. The van der Waals surface area contributed by atoms with Crippen LogP contribution in [0, 0.1) is 0 Å². The lowest BCUT2D eigenvalue weighted by Crippen LogP contribution is -2.50. The van der Waals surface area contributed by atoms with Crippen molar-refractivity contribution >= 4 is 21.6 Å². The Morgan fingerprint density at radius 3 is 2.32 bits per heavy atom. The molecule has 0 bridgehead atoms. The van der Waals surface area contributed by atoms with Gasteiger partial charge in [0.05, 0.1) is 17.9 Å². The van der Waals surface area contributed by atoms with Gasteiger partial charge in [0.1, 0.15) is 5.75 Å². The van der Waals surface area contributed by atoms with Crippen molar-refractivity contribution in [2.24, 2.45) is 0 Å². The number of aryl methyl sites for hydroxylation is 1. The average Bonchev–Trinajstić information content (AvgIpc) is 3.38. The summed E-state index contributed by atoms with van der Waals surface area (Å²) < 4.78 is 36.2. The van der Waals surface area contributed by atoms with Gasteiger partial charge in [0.2, 0.25) is 5.03 Å². The van der Waals surface area contributed by atoms with Crippen LogP contribution in [0.5, 0.6) is 5.75 Å². The van der Waals surface area contributed by atoms with E-state index in [1.807, 2.05) is 38.1 Å². The lowest BCUT2D eigenvalue weighted by atomic mass is 10.2. The summed E-state index contributed by atoms with van der Waals surface area (Å²) in [7, 11) is -3.93. The number of unbranched alkanes of at least 4 members (excludes halogenated alkanes) is 1. The molecule has 2 aliphatic rings. The Morgan fingerprint density at radius 2 is 1.68 bits per heavy atom. The molecule has 37 heavy (non-hydrogen) atoms. The van der Waals surface area contributed by atoms with Crippen LogP contribution in [0.4, 0.5) is 5.69 Å². The summed E-state index contributed by atoms with van der Waals surface area (Å²) in [6.45, 7) is 12.6. The monoisotopic (exact) mass is 532 g/mol. The van der Waals surface area contributed by atoms with Crippen LogP contribution in [0.3, 0.4) is 0 Å². The molecule has 0 aliphatic carbocycles. The second-order valence-corrected chi connectivity index (χ2v) is 11.3. The summed E-state index contributed by atoms with van der Waals surface area (Å²) in [6.07, 6.45) is 3.88. The molecule has 2 aromatic rings. The number of benzene rings is 1. The van der Waals surface area contributed by atoms with E-state index < -0.39 is 10.0 Å². The van der Waals surface area contributed by atoms with Crippen molar-refractivity contribution < 1.29 is 17.9 Å². The summed E-state index contributed by atoms with van der Waals surface area (Å²) in [6, 6.07) is 7.82. The molecule has 1 aromatic carbocycles. The van der Waals surface area contributed by atoms with E-state index >= 15 is 0 Å². The van der Waals surface area contributed by atoms with Crippen LogP contribution in [0.25, 0.3) is 0 Å². The van der Waals surface area contributed by atoms with E-state index in [0.717, 1.165) is 43.9 Å². The zero-order valence-corrected chi connectivity index (χ0v) is 23.1. The first-order valence-corrected chi connectivity index (χ1v) is 14.9. The van der Waals surface area contributed by atoms with E-state index in [1.165, 1.54) is 4.31 Å². The van der Waals surface area contributed by atoms with Gasteiger partial charge in [-0.25, -0.2) is 8.42 Å². The van der Waals surface area contributed by atoms with Crippen LogP contribution in [-0.4, -0.2) is 104 Å². The molecule has 0 atom stereocenters. The van der Waals surface area contributed by atoms with Crippen LogP contribution in [-0.2, 0) is 16.6 Å². The van der Waals surface area contributed by atoms with E-state index in [2.05, 4.69) is 21.8 Å². The predicted octanol–water partition coefficient (Wildman–Crippen LogP) is 2.37. The van der Waals surface area contributed by atoms with Crippen LogP contribution in [0.1, 0.15) is 44.0 Å². The van der Waals surface area contributed by atoms with Gasteiger partial charge in [0.25, 0.3) is 15.9 Å². The normalized spacial score (nSPS) is 17.8. The van der Waals surface area contributed by atoms with Gasteiger partial charge < -0.3 is 14.5 Å². The van der Waals surface area contributed by atoms with Gasteiger partial charge in [0.15, 0.2) is 0 Å². The van der Waals surface area contributed by atoms with Crippen LogP contribution < -0.4 is 9.64 Å². The number of para-hydroxylation sites is 2. The molecule has 0 N–H and O–H groups in total. The zero-order chi connectivity index (χ0) is 26.4. The molecule has 1 amide bonds. The number of carbonyl (C=O) groups is 1. The van der Waals surface area contributed by atoms with Crippen molar-refractivity contribution in [3.63, 3.8) is 0 Å². The van der Waals surface area contributed by atoms with Crippen molar-refractivity contribution in [1.29, 1.82) is 0 Å². The van der Waals surface area contributed by atoms with Crippen LogP contribution in [0.2, 0.25) is 0 Å². The van der Waals surface area contributed by atoms with Crippen molar-refractivity contribution in [2.75, 3.05) is 70.4 Å². The molecule has 4 rings (SSSR count). The van der Waals surface area contributed by atoms with Crippen LogP contribution >= 0.6 is 0 Å². The topological polar surface area (TPSA) is 91.2 Å². The first-order chi connectivity index (χ1) is 17.9. The van der Waals surface area contributed by atoms with Gasteiger partial charge in [-0.3, -0.25) is 14.4 Å². The van der Waals surface area contributed by atoms with Crippen LogP contribution in [0.15, 0.2) is 35.5 Å². The summed E-state index contributed by atoms with van der Waals surface area (Å²) in [5.41, 5.74) is 1.14. The number of anilines is 1. The molecule has 0 radical (unpaired) electrons. The van der Waals surface area contributed by atoms with E-state index in [4.69, 9.17) is 4.74 Å². The van der Waals surface area contributed by atoms with Gasteiger partial charge >= 0.3 is 0 Å². The third-order valence-corrected chi connectivity index (χ3v) is 8.93. The fourth-order valence-electron chi connectivity index (χ4n) is 4.92. The molecule has 2 saturated heterocycles. The van der Waals surface area contributed by atoms with E-state index in [1.54, 1.807) is 15.8 Å². The molecule has 204 valence electrons. The van der Waals surface area contributed by atoms with Gasteiger partial charge in [-0.1, -0.05) is 25.5 Å². The maximum absolute atomic E-state index is 13.7. The molecule has 1 aromatic heterocycles. The van der Waals surface area contributed by atoms with Gasteiger partial charge in [-0.05, 0) is 38.9 Å². The van der Waals surface area contributed by atoms with Gasteiger partial charge in [-0.2, -0.15) is 9.40 Å². The van der Waals surface area contributed by atoms with Gasteiger partial charge in [-0.15, -0.1) is 0 Å². The standard InChI is InChI=1S/C26H40N6O4S/c1-4-7-12-28-13-15-30(16-14-28)26(33)22-21-31(5-2)27-25(22)37(34,35)32-19-17-29(18-20-32)23-10-8-9-11-24(23)36-6-3/h8-11,21H,4-7,12-20H2,1-3H3. The number of piperazine rings is 2. The minimum absolute atomic E-state index is 0.129. The molecule has 2 fully saturated rings. The highest BCUT2D eigenvalue weighted by Crippen LogP contribution is 2.30. The Bertz CT molecular complexity index is 1150. The SMILES string of the molecule is CCCCN1CCN(C(=O)c2cn(CC)nc2S(=O)(=O)N2CCN(c3ccccc3OCC)CC2)CC1. The molecular weight excluding hydrogens is 492 g/mol. The number of carbonyl (C=O) groups excluding carboxylic acids is 1. The Hall–Kier alpha value is -2.63. The third-order valence-electron chi connectivity index (χ3n) is 7.10. The molecule has 10 nitrogen and oxygen atoms in total. The van der Waals surface area contributed by atoms with Gasteiger partial charge in [0, 0.05) is 65.1 Å². The number of ether oxygens (including phenoxy) is 1. The fourth-order valence-corrected chi connectivity index (χ4v) is 6.43. The fraction of sp³-hybridized carbons (Fsp3) is 0.615. The second-order valence-electron chi connectivity index (χ2n) is 9.48. The third kappa shape index (κ3) is 6.10. The number of amides is 1. The molecule has 11 heteroatoms. The van der Waals surface area contributed by atoms with Crippen molar-refractivity contribution in [2.45, 2.75) is 45.2 Å². The minimum atomic E-state index is -3.93. The maximum Gasteiger partial charge on any atom is 0.263 e. The summed E-state index contributed by atoms with van der Waals surface area (Å²) in [5, 5.41) is 4.23. The Morgan fingerprint density at radius 1 is 0.973 bits per heavy atom. The first kappa shape index (κ1) is 27.4. The number of sulfonamides is 1. The molecule has 0 saturated carbocycles. The van der Waals surface area contributed by atoms with Crippen molar-refractivity contribution in [3.8, 4) is 5.75 Å². The number of hydrogen-bond acceptors (Lipinski definition) is 7. The largest absolute Gasteiger partial charge is 0.492 e. The Kier molecular flexibility index (Phi) is 9.09. The Balaban J connectivity index is 1.48. The quantitative estimate of drug-likeness (QED) is 0.464. The van der Waals surface area contributed by atoms with E-state index in [0.29, 0.717) is 52.4 Å².